The van der Waals surface area contributed by atoms with E-state index in [1.165, 1.54) is 0 Å². The summed E-state index contributed by atoms with van der Waals surface area (Å²) < 4.78 is 5.86. The van der Waals surface area contributed by atoms with Crippen molar-refractivity contribution in [2.24, 2.45) is 0 Å². The fraction of sp³-hybridized carbons (Fsp3) is 0.318. The number of rotatable bonds is 10. The number of nitrogens with zero attached hydrogens (tertiary/aromatic N) is 1. The van der Waals surface area contributed by atoms with Crippen LogP contribution < -0.4 is 10.1 Å². The van der Waals surface area contributed by atoms with Gasteiger partial charge in [-0.3, -0.25) is 4.79 Å². The van der Waals surface area contributed by atoms with Crippen molar-refractivity contribution in [3.05, 3.63) is 65.9 Å². The molecular formula is C22H27N3O3. The number of ether oxygens (including phenoxy) is 1. The highest BCUT2D eigenvalue weighted by atomic mass is 16.5. The van der Waals surface area contributed by atoms with Gasteiger partial charge in [0, 0.05) is 28.7 Å². The molecule has 0 bridgehead atoms. The number of carboxylic acids is 1. The fourth-order valence-electron chi connectivity index (χ4n) is 3.17. The van der Waals surface area contributed by atoms with E-state index in [4.69, 9.17) is 4.74 Å². The maximum Gasteiger partial charge on any atom is 0.325 e. The lowest BCUT2D eigenvalue weighted by atomic mass is 10.1. The van der Waals surface area contributed by atoms with E-state index in [1.807, 2.05) is 62.6 Å². The van der Waals surface area contributed by atoms with Crippen LogP contribution >= 0.6 is 0 Å². The quantitative estimate of drug-likeness (QED) is 0.469. The van der Waals surface area contributed by atoms with Gasteiger partial charge in [0.15, 0.2) is 0 Å². The molecule has 148 valence electrons. The molecule has 0 saturated heterocycles. The number of aliphatic carboxylic acids is 1. The van der Waals surface area contributed by atoms with Gasteiger partial charge >= 0.3 is 5.97 Å². The maximum atomic E-state index is 11.8. The molecule has 1 heterocycles. The van der Waals surface area contributed by atoms with Gasteiger partial charge in [-0.2, -0.15) is 0 Å². The van der Waals surface area contributed by atoms with Crippen molar-refractivity contribution >= 4 is 16.9 Å². The van der Waals surface area contributed by atoms with Crippen molar-refractivity contribution in [3.8, 4) is 5.75 Å². The van der Waals surface area contributed by atoms with Gasteiger partial charge in [0.05, 0.1) is 0 Å². The molecule has 0 spiro atoms. The minimum atomic E-state index is -0.879. The van der Waals surface area contributed by atoms with E-state index in [2.05, 4.69) is 15.2 Å². The molecule has 6 heteroatoms. The molecule has 0 aliphatic carbocycles. The Kier molecular flexibility index (Phi) is 6.68. The summed E-state index contributed by atoms with van der Waals surface area (Å²) in [5, 5.41) is 13.7. The Hall–Kier alpha value is -2.83. The van der Waals surface area contributed by atoms with Crippen molar-refractivity contribution in [1.82, 2.24) is 15.2 Å². The first-order valence-electron chi connectivity index (χ1n) is 9.43. The van der Waals surface area contributed by atoms with Crippen LogP contribution in [0.5, 0.6) is 5.75 Å². The van der Waals surface area contributed by atoms with Gasteiger partial charge in [-0.1, -0.05) is 30.3 Å². The van der Waals surface area contributed by atoms with Crippen molar-refractivity contribution < 1.29 is 14.6 Å². The number of carbonyl (C=O) groups is 1. The zero-order valence-electron chi connectivity index (χ0n) is 16.3. The second-order valence-corrected chi connectivity index (χ2v) is 7.11. The number of hydrogen-bond acceptors (Lipinski definition) is 4. The summed E-state index contributed by atoms with van der Waals surface area (Å²) in [6, 6.07) is 14.9. The second-order valence-electron chi connectivity index (χ2n) is 7.11. The third kappa shape index (κ3) is 5.12. The summed E-state index contributed by atoms with van der Waals surface area (Å²) in [4.78, 5) is 17.0. The highest BCUT2D eigenvalue weighted by molar-refractivity contribution is 5.89. The molecule has 0 amide bonds. The molecule has 0 aliphatic heterocycles. The summed E-state index contributed by atoms with van der Waals surface area (Å²) in [5.41, 5.74) is 2.70. The molecule has 6 nitrogen and oxygen atoms in total. The summed E-state index contributed by atoms with van der Waals surface area (Å²) in [5.74, 6) is -0.134. The lowest BCUT2D eigenvalue weighted by molar-refractivity contribution is -0.139. The first kappa shape index (κ1) is 19.9. The predicted octanol–water partition coefficient (Wildman–Crippen LogP) is 3.41. The average molecular weight is 381 g/mol. The van der Waals surface area contributed by atoms with Crippen LogP contribution in [-0.2, 0) is 11.4 Å². The minimum absolute atomic E-state index is 0.491. The number of aromatic nitrogens is 1. The normalized spacial score (nSPS) is 12.4. The predicted molar refractivity (Wildman–Crippen MR) is 111 cm³/mol. The van der Waals surface area contributed by atoms with E-state index >= 15 is 0 Å². The Morgan fingerprint density at radius 1 is 1.21 bits per heavy atom. The monoisotopic (exact) mass is 381 g/mol. The van der Waals surface area contributed by atoms with Crippen LogP contribution in [0.1, 0.15) is 23.6 Å². The Balaban J connectivity index is 1.70. The van der Waals surface area contributed by atoms with Crippen molar-refractivity contribution in [2.75, 3.05) is 27.2 Å². The molecule has 3 aromatic rings. The van der Waals surface area contributed by atoms with Gasteiger partial charge in [0.25, 0.3) is 0 Å². The van der Waals surface area contributed by atoms with Crippen LogP contribution in [0, 0.1) is 0 Å². The van der Waals surface area contributed by atoms with Crippen LogP contribution in [0.4, 0.5) is 0 Å². The Labute approximate surface area is 165 Å². The lowest BCUT2D eigenvalue weighted by Gasteiger charge is -2.15. The molecule has 2 aromatic carbocycles. The van der Waals surface area contributed by atoms with Crippen molar-refractivity contribution in [1.29, 1.82) is 0 Å². The van der Waals surface area contributed by atoms with E-state index in [-0.39, 0.29) is 0 Å². The molecule has 1 aromatic heterocycles. The van der Waals surface area contributed by atoms with Crippen molar-refractivity contribution in [3.63, 3.8) is 0 Å². The van der Waals surface area contributed by atoms with Gasteiger partial charge in [-0.25, -0.2) is 0 Å². The molecule has 28 heavy (non-hydrogen) atoms. The topological polar surface area (TPSA) is 77.6 Å². The largest absolute Gasteiger partial charge is 0.489 e. The fourth-order valence-corrected chi connectivity index (χ4v) is 3.17. The zero-order chi connectivity index (χ0) is 19.9. The molecule has 0 unspecified atom stereocenters. The molecule has 0 aliphatic rings. The number of hydrogen-bond donors (Lipinski definition) is 3. The van der Waals surface area contributed by atoms with Gasteiger partial charge in [0.1, 0.15) is 18.4 Å². The van der Waals surface area contributed by atoms with E-state index in [0.717, 1.165) is 40.7 Å². The van der Waals surface area contributed by atoms with Gasteiger partial charge in [0.2, 0.25) is 0 Å². The molecule has 3 rings (SSSR count). The third-order valence-corrected chi connectivity index (χ3v) is 4.62. The van der Waals surface area contributed by atoms with E-state index in [1.54, 1.807) is 6.20 Å². The molecule has 3 N–H and O–H groups in total. The highest BCUT2D eigenvalue weighted by Crippen LogP contribution is 2.28. The summed E-state index contributed by atoms with van der Waals surface area (Å²) in [7, 11) is 4.01. The smallest absolute Gasteiger partial charge is 0.325 e. The van der Waals surface area contributed by atoms with Crippen molar-refractivity contribution in [2.45, 2.75) is 19.1 Å². The van der Waals surface area contributed by atoms with Gasteiger partial charge in [-0.05, 0) is 51.3 Å². The number of fused-ring (bicyclic) bond motifs is 1. The Morgan fingerprint density at radius 3 is 2.71 bits per heavy atom. The van der Waals surface area contributed by atoms with Gasteiger partial charge in [-0.15, -0.1) is 0 Å². The molecule has 0 fully saturated rings. The SMILES string of the molecule is CN(C)CCCN[C@@H](C(=O)O)c1c[nH]c2cc(OCc3ccccc3)ccc12. The van der Waals surface area contributed by atoms with Crippen LogP contribution in [0.15, 0.2) is 54.7 Å². The van der Waals surface area contributed by atoms with E-state index < -0.39 is 12.0 Å². The van der Waals surface area contributed by atoms with Crippen LogP contribution in [0.3, 0.4) is 0 Å². The number of nitrogens with one attached hydrogen (secondary N) is 2. The molecule has 1 atom stereocenters. The average Bonchev–Trinajstić information content (AvgIpc) is 3.09. The minimum Gasteiger partial charge on any atom is -0.489 e. The second kappa shape index (κ2) is 9.39. The molecule has 0 radical (unpaired) electrons. The lowest BCUT2D eigenvalue weighted by Crippen LogP contribution is -2.30. The Bertz CT molecular complexity index is 906. The molecule has 0 saturated carbocycles. The number of carboxylic acid groups (broad SMARTS) is 1. The van der Waals surface area contributed by atoms with Crippen LogP contribution in [0.2, 0.25) is 0 Å². The Morgan fingerprint density at radius 2 is 2.00 bits per heavy atom. The summed E-state index contributed by atoms with van der Waals surface area (Å²) >= 11 is 0. The zero-order valence-corrected chi connectivity index (χ0v) is 16.3. The number of H-pyrrole nitrogens is 1. The first-order chi connectivity index (χ1) is 13.5. The standard InChI is InChI=1S/C22H27N3O3/c1-25(2)12-6-11-23-21(22(26)27)19-14-24-20-13-17(9-10-18(19)20)28-15-16-7-4-3-5-8-16/h3-5,7-10,13-14,21,23-24H,6,11-12,15H2,1-2H3,(H,26,27)/t21-/m1/s1. The van der Waals surface area contributed by atoms with E-state index in [9.17, 15) is 9.90 Å². The first-order valence-corrected chi connectivity index (χ1v) is 9.43. The third-order valence-electron chi connectivity index (χ3n) is 4.62. The highest BCUT2D eigenvalue weighted by Gasteiger charge is 2.22. The summed E-state index contributed by atoms with van der Waals surface area (Å²) in [6.07, 6.45) is 2.65. The van der Waals surface area contributed by atoms with Gasteiger partial charge < -0.3 is 25.0 Å². The summed E-state index contributed by atoms with van der Waals surface area (Å²) in [6.45, 7) is 2.04. The number of benzene rings is 2. The maximum absolute atomic E-state index is 11.8. The van der Waals surface area contributed by atoms with Crippen LogP contribution in [-0.4, -0.2) is 48.1 Å². The number of aromatic amines is 1. The van der Waals surface area contributed by atoms with Crippen LogP contribution in [0.25, 0.3) is 10.9 Å². The van der Waals surface area contributed by atoms with E-state index in [0.29, 0.717) is 13.2 Å². The molecular weight excluding hydrogens is 354 g/mol.